The molecule has 0 unspecified atom stereocenters. The van der Waals surface area contributed by atoms with Crippen LogP contribution in [0.4, 0.5) is 11.4 Å². The van der Waals surface area contributed by atoms with Crippen molar-refractivity contribution in [2.75, 3.05) is 17.0 Å². The maximum absolute atomic E-state index is 13.3. The molecule has 2 aliphatic rings. The number of carbonyl (C=O) groups excluding carboxylic acids is 1. The van der Waals surface area contributed by atoms with Crippen LogP contribution in [0.15, 0.2) is 58.4 Å². The molecule has 0 aliphatic carbocycles. The number of thiophene rings is 1. The number of halogens is 1. The minimum absolute atomic E-state index is 0.0484. The molecule has 2 aliphatic heterocycles. The molecule has 0 fully saturated rings. The van der Waals surface area contributed by atoms with Crippen molar-refractivity contribution in [3.63, 3.8) is 0 Å². The minimum atomic E-state index is -0.297. The molecule has 1 amide bonds. The highest BCUT2D eigenvalue weighted by atomic mass is 79.9. The molecule has 7 heteroatoms. The summed E-state index contributed by atoms with van der Waals surface area (Å²) in [5.41, 5.74) is 2.25. The quantitative estimate of drug-likeness (QED) is 0.622. The van der Waals surface area contributed by atoms with Crippen LogP contribution >= 0.6 is 27.3 Å². The van der Waals surface area contributed by atoms with E-state index < -0.39 is 0 Å². The predicted molar refractivity (Wildman–Crippen MR) is 104 cm³/mol. The van der Waals surface area contributed by atoms with Gasteiger partial charge in [0.25, 0.3) is 5.91 Å². The van der Waals surface area contributed by atoms with Crippen LogP contribution in [-0.4, -0.2) is 12.7 Å². The van der Waals surface area contributed by atoms with Gasteiger partial charge in [-0.1, -0.05) is 12.1 Å². The molecule has 0 radical (unpaired) electrons. The molecule has 1 N–H and O–H groups in total. The van der Waals surface area contributed by atoms with Crippen LogP contribution in [0, 0.1) is 0 Å². The number of para-hydroxylation sites is 1. The van der Waals surface area contributed by atoms with E-state index in [1.807, 2.05) is 53.9 Å². The highest BCUT2D eigenvalue weighted by Gasteiger charge is 2.35. The largest absolute Gasteiger partial charge is 0.454 e. The van der Waals surface area contributed by atoms with E-state index in [0.717, 1.165) is 20.7 Å². The van der Waals surface area contributed by atoms with Crippen LogP contribution in [0.25, 0.3) is 0 Å². The molecule has 5 rings (SSSR count). The molecule has 130 valence electrons. The average molecular weight is 429 g/mol. The number of amides is 1. The maximum Gasteiger partial charge on any atom is 0.262 e. The molecular formula is C19H13BrN2O3S. The topological polar surface area (TPSA) is 50.8 Å². The lowest BCUT2D eigenvalue weighted by Crippen LogP contribution is -2.42. The van der Waals surface area contributed by atoms with Crippen molar-refractivity contribution in [3.05, 3.63) is 68.8 Å². The highest BCUT2D eigenvalue weighted by molar-refractivity contribution is 9.10. The summed E-state index contributed by atoms with van der Waals surface area (Å²) in [7, 11) is 0. The van der Waals surface area contributed by atoms with E-state index in [4.69, 9.17) is 9.47 Å². The van der Waals surface area contributed by atoms with E-state index in [-0.39, 0.29) is 18.9 Å². The Labute approximate surface area is 162 Å². The Balaban J connectivity index is 1.65. The van der Waals surface area contributed by atoms with Crippen LogP contribution in [-0.2, 0) is 0 Å². The summed E-state index contributed by atoms with van der Waals surface area (Å²) in [6.07, 6.45) is -0.297. The van der Waals surface area contributed by atoms with Crippen molar-refractivity contribution < 1.29 is 14.3 Å². The second-order valence-corrected chi connectivity index (χ2v) is 7.83. The standard InChI is InChI=1S/C19H13BrN2O3S/c20-11-7-17(26-9-11)18-21-14-4-2-1-3-13(14)19(23)22(18)12-5-6-15-16(8-12)25-10-24-15/h1-9,18,21H,10H2/t18-/m1/s1. The molecule has 2 aromatic carbocycles. The first-order valence-corrected chi connectivity index (χ1v) is 9.71. The third-order valence-electron chi connectivity index (χ3n) is 4.42. The molecule has 0 spiro atoms. The van der Waals surface area contributed by atoms with Crippen LogP contribution in [0.5, 0.6) is 11.5 Å². The number of fused-ring (bicyclic) bond motifs is 2. The van der Waals surface area contributed by atoms with Crippen molar-refractivity contribution in [2.45, 2.75) is 6.17 Å². The smallest absolute Gasteiger partial charge is 0.262 e. The zero-order valence-corrected chi connectivity index (χ0v) is 15.8. The van der Waals surface area contributed by atoms with Crippen molar-refractivity contribution in [1.29, 1.82) is 0 Å². The summed E-state index contributed by atoms with van der Waals surface area (Å²) in [5.74, 6) is 1.30. The molecule has 26 heavy (non-hydrogen) atoms. The molecule has 0 saturated carbocycles. The first-order valence-electron chi connectivity index (χ1n) is 8.03. The van der Waals surface area contributed by atoms with Crippen LogP contribution in [0.3, 0.4) is 0 Å². The van der Waals surface area contributed by atoms with Crippen molar-refractivity contribution in [1.82, 2.24) is 0 Å². The fourth-order valence-corrected chi connectivity index (χ4v) is 4.71. The second-order valence-electron chi connectivity index (χ2n) is 5.97. The van der Waals surface area contributed by atoms with Crippen LogP contribution in [0.1, 0.15) is 21.4 Å². The molecule has 1 atom stereocenters. The maximum atomic E-state index is 13.3. The fourth-order valence-electron chi connectivity index (χ4n) is 3.23. The Bertz CT molecular complexity index is 1020. The van der Waals surface area contributed by atoms with E-state index in [1.165, 1.54) is 0 Å². The number of nitrogens with zero attached hydrogens (tertiary/aromatic N) is 1. The van der Waals surface area contributed by atoms with Gasteiger partial charge in [-0.15, -0.1) is 11.3 Å². The second kappa shape index (κ2) is 6.03. The number of ether oxygens (including phenoxy) is 2. The summed E-state index contributed by atoms with van der Waals surface area (Å²) in [6, 6.07) is 15.2. The average Bonchev–Trinajstić information content (AvgIpc) is 3.29. The van der Waals surface area contributed by atoms with Gasteiger partial charge in [-0.2, -0.15) is 0 Å². The van der Waals surface area contributed by atoms with Crippen molar-refractivity contribution in [3.8, 4) is 11.5 Å². The van der Waals surface area contributed by atoms with Gasteiger partial charge in [-0.3, -0.25) is 9.69 Å². The van der Waals surface area contributed by atoms with Gasteiger partial charge in [-0.25, -0.2) is 0 Å². The van der Waals surface area contributed by atoms with E-state index in [1.54, 1.807) is 16.2 Å². The Hall–Kier alpha value is -2.51. The van der Waals surface area contributed by atoms with Gasteiger partial charge in [0, 0.05) is 26.5 Å². The number of carbonyl (C=O) groups is 1. The molecular weight excluding hydrogens is 416 g/mol. The van der Waals surface area contributed by atoms with Gasteiger partial charge < -0.3 is 14.8 Å². The zero-order chi connectivity index (χ0) is 17.7. The fraction of sp³-hybridized carbons (Fsp3) is 0.105. The number of rotatable bonds is 2. The molecule has 0 bridgehead atoms. The van der Waals surface area contributed by atoms with Gasteiger partial charge in [0.15, 0.2) is 11.5 Å². The minimum Gasteiger partial charge on any atom is -0.454 e. The first kappa shape index (κ1) is 15.7. The Kier molecular flexibility index (Phi) is 3.65. The Morgan fingerprint density at radius 2 is 1.96 bits per heavy atom. The summed E-state index contributed by atoms with van der Waals surface area (Å²) >= 11 is 5.10. The number of nitrogens with one attached hydrogen (secondary N) is 1. The Morgan fingerprint density at radius 3 is 2.81 bits per heavy atom. The number of hydrogen-bond donors (Lipinski definition) is 1. The molecule has 0 saturated heterocycles. The third kappa shape index (κ3) is 2.47. The van der Waals surface area contributed by atoms with E-state index in [0.29, 0.717) is 17.1 Å². The zero-order valence-electron chi connectivity index (χ0n) is 13.4. The number of anilines is 2. The molecule has 5 nitrogen and oxygen atoms in total. The lowest BCUT2D eigenvalue weighted by molar-refractivity contribution is 0.0975. The van der Waals surface area contributed by atoms with E-state index >= 15 is 0 Å². The Morgan fingerprint density at radius 1 is 1.12 bits per heavy atom. The molecule has 3 aromatic rings. The third-order valence-corrected chi connectivity index (χ3v) is 6.16. The monoisotopic (exact) mass is 428 g/mol. The summed E-state index contributed by atoms with van der Waals surface area (Å²) in [6.45, 7) is 0.203. The SMILES string of the molecule is O=C1c2ccccc2N[C@@H](c2cc(Br)cs2)N1c1ccc2c(c1)OCO2. The van der Waals surface area contributed by atoms with Gasteiger partial charge in [0.1, 0.15) is 6.17 Å². The summed E-state index contributed by atoms with van der Waals surface area (Å²) < 4.78 is 11.9. The summed E-state index contributed by atoms with van der Waals surface area (Å²) in [4.78, 5) is 16.1. The molecule has 1 aromatic heterocycles. The van der Waals surface area contributed by atoms with Crippen molar-refractivity contribution in [2.24, 2.45) is 0 Å². The lowest BCUT2D eigenvalue weighted by Gasteiger charge is -2.37. The van der Waals surface area contributed by atoms with Crippen LogP contribution < -0.4 is 19.7 Å². The van der Waals surface area contributed by atoms with Gasteiger partial charge in [-0.05, 0) is 46.3 Å². The lowest BCUT2D eigenvalue weighted by atomic mass is 10.1. The predicted octanol–water partition coefficient (Wildman–Crippen LogP) is 5.01. The van der Waals surface area contributed by atoms with Gasteiger partial charge in [0.05, 0.1) is 11.3 Å². The van der Waals surface area contributed by atoms with Gasteiger partial charge >= 0.3 is 0 Å². The number of benzene rings is 2. The normalized spacial score (nSPS) is 17.8. The van der Waals surface area contributed by atoms with Crippen LogP contribution in [0.2, 0.25) is 0 Å². The first-order chi connectivity index (χ1) is 12.7. The van der Waals surface area contributed by atoms with Crippen molar-refractivity contribution >= 4 is 44.5 Å². The number of hydrogen-bond acceptors (Lipinski definition) is 5. The molecule has 3 heterocycles. The van der Waals surface area contributed by atoms with E-state index in [2.05, 4.69) is 21.2 Å². The van der Waals surface area contributed by atoms with Gasteiger partial charge in [0.2, 0.25) is 6.79 Å². The summed E-state index contributed by atoms with van der Waals surface area (Å²) in [5, 5.41) is 5.51. The van der Waals surface area contributed by atoms with E-state index in [9.17, 15) is 4.79 Å². The highest BCUT2D eigenvalue weighted by Crippen LogP contribution is 2.42.